The Labute approximate surface area is 147 Å². The molecule has 1 aliphatic rings. The Hall–Kier alpha value is -2.07. The van der Waals surface area contributed by atoms with E-state index in [1.165, 1.54) is 13.1 Å². The molecule has 3 atom stereocenters. The highest BCUT2D eigenvalue weighted by Gasteiger charge is 2.38. The van der Waals surface area contributed by atoms with Crippen molar-refractivity contribution in [2.24, 2.45) is 16.6 Å². The smallest absolute Gasteiger partial charge is 0.469 e. The summed E-state index contributed by atoms with van der Waals surface area (Å²) < 4.78 is 29.3. The Bertz CT molecular complexity index is 782. The highest BCUT2D eigenvalue weighted by atomic mass is 31.2. The van der Waals surface area contributed by atoms with Crippen molar-refractivity contribution < 1.29 is 38.3 Å². The maximum atomic E-state index is 14.0. The predicted octanol–water partition coefficient (Wildman–Crippen LogP) is 0.612. The number of nitrogens with zero attached hydrogens (tertiary/aromatic N) is 2. The van der Waals surface area contributed by atoms with E-state index >= 15 is 0 Å². The van der Waals surface area contributed by atoms with E-state index < -0.39 is 38.5 Å². The second-order valence-electron chi connectivity index (χ2n) is 5.96. The van der Waals surface area contributed by atoms with E-state index in [9.17, 15) is 18.9 Å². The lowest BCUT2D eigenvalue weighted by Crippen LogP contribution is -2.23. The number of aromatic hydroxyl groups is 1. The molecule has 1 aromatic rings. The van der Waals surface area contributed by atoms with Gasteiger partial charge < -0.3 is 25.7 Å². The number of amidine groups is 1. The number of aliphatic imine (C=N–C) groups is 1. The van der Waals surface area contributed by atoms with Crippen molar-refractivity contribution in [3.63, 3.8) is 0 Å². The first-order valence-electron chi connectivity index (χ1n) is 7.57. The molecule has 1 aliphatic carbocycles. The maximum absolute atomic E-state index is 14.0. The zero-order chi connectivity index (χ0) is 19.6. The minimum atomic E-state index is -4.78. The van der Waals surface area contributed by atoms with Crippen molar-refractivity contribution in [2.45, 2.75) is 38.6 Å². The number of halogens is 1. The second-order valence-corrected chi connectivity index (χ2v) is 7.20. The molecule has 0 saturated heterocycles. The molecule has 1 fully saturated rings. The monoisotopic (exact) mass is 391 g/mol. The van der Waals surface area contributed by atoms with Gasteiger partial charge in [0.25, 0.3) is 0 Å². The normalized spacial score (nSPS) is 24.0. The summed E-state index contributed by atoms with van der Waals surface area (Å²) in [6, 6.07) is -1.00. The summed E-state index contributed by atoms with van der Waals surface area (Å²) in [5.41, 5.74) is 5.99. The first kappa shape index (κ1) is 20.2. The molecule has 0 amide bonds. The fraction of sp³-hybridized carbons (Fsp3) is 0.500. The van der Waals surface area contributed by atoms with Gasteiger partial charge in [-0.1, -0.05) is 0 Å². The van der Waals surface area contributed by atoms with Gasteiger partial charge in [0.05, 0.1) is 29.8 Å². The third-order valence-corrected chi connectivity index (χ3v) is 4.53. The van der Waals surface area contributed by atoms with Gasteiger partial charge in [0.2, 0.25) is 0 Å². The average Bonchev–Trinajstić information content (AvgIpc) is 2.88. The second kappa shape index (κ2) is 7.67. The molecule has 144 valence electrons. The summed E-state index contributed by atoms with van der Waals surface area (Å²) in [4.78, 5) is 36.5. The van der Waals surface area contributed by atoms with Gasteiger partial charge in [-0.2, -0.15) is 0 Å². The number of alkyl halides is 1. The fourth-order valence-electron chi connectivity index (χ4n) is 2.72. The van der Waals surface area contributed by atoms with Gasteiger partial charge in [0.15, 0.2) is 0 Å². The first-order valence-corrected chi connectivity index (χ1v) is 9.10. The molecule has 12 heteroatoms. The fourth-order valence-corrected chi connectivity index (χ4v) is 3.03. The summed E-state index contributed by atoms with van der Waals surface area (Å²) in [5.74, 6) is -2.68. The van der Waals surface area contributed by atoms with Crippen molar-refractivity contribution in [2.75, 3.05) is 0 Å². The Morgan fingerprint density at radius 2 is 2.15 bits per heavy atom. The summed E-state index contributed by atoms with van der Waals surface area (Å²) in [6.07, 6.45) is -0.540. The molecule has 0 spiro atoms. The number of carboxylic acids is 1. The largest absolute Gasteiger partial charge is 0.505 e. The molecule has 1 heterocycles. The van der Waals surface area contributed by atoms with E-state index in [4.69, 9.17) is 20.6 Å². The lowest BCUT2D eigenvalue weighted by atomic mass is 10.1. The van der Waals surface area contributed by atoms with Crippen LogP contribution in [0.15, 0.2) is 11.2 Å². The standard InChI is InChI=1S/C14H19FN3O7P/c1-6-12(19)11(8(4-17-6)5-25-26(22,23)24)13(16)18-10-3-7(14(20)21)2-9(10)15/h4,7,9-10,19H,2-3,5H2,1H3,(H2,16,18)(H,20,21)(H2,22,23,24)/t7-,9-,10+/m1/s1. The average molecular weight is 391 g/mol. The van der Waals surface area contributed by atoms with E-state index in [-0.39, 0.29) is 41.2 Å². The highest BCUT2D eigenvalue weighted by molar-refractivity contribution is 7.46. The van der Waals surface area contributed by atoms with Gasteiger partial charge in [-0.15, -0.1) is 0 Å². The SMILES string of the molecule is Cc1ncc(COP(=O)(O)O)c(C(N)=N[C@H]2C[C@H](C(=O)O)C[C@H]2F)c1O. The van der Waals surface area contributed by atoms with Crippen LogP contribution in [0, 0.1) is 12.8 Å². The van der Waals surface area contributed by atoms with E-state index in [0.29, 0.717) is 0 Å². The van der Waals surface area contributed by atoms with Crippen LogP contribution in [-0.4, -0.2) is 49.0 Å². The van der Waals surface area contributed by atoms with Crippen LogP contribution in [0.3, 0.4) is 0 Å². The minimum absolute atomic E-state index is 0.0425. The molecule has 0 unspecified atom stereocenters. The number of phosphoric ester groups is 1. The minimum Gasteiger partial charge on any atom is -0.505 e. The van der Waals surface area contributed by atoms with E-state index in [1.807, 2.05) is 0 Å². The van der Waals surface area contributed by atoms with Crippen LogP contribution in [-0.2, 0) is 20.5 Å². The van der Waals surface area contributed by atoms with Crippen molar-refractivity contribution in [1.29, 1.82) is 0 Å². The molecule has 0 bridgehead atoms. The molecule has 1 saturated carbocycles. The third-order valence-electron chi connectivity index (χ3n) is 4.07. The highest BCUT2D eigenvalue weighted by Crippen LogP contribution is 2.38. The lowest BCUT2D eigenvalue weighted by Gasteiger charge is -2.15. The van der Waals surface area contributed by atoms with E-state index in [0.717, 1.165) is 0 Å². The number of hydrogen-bond donors (Lipinski definition) is 5. The quantitative estimate of drug-likeness (QED) is 0.264. The molecular formula is C14H19FN3O7P. The number of rotatable bonds is 6. The Morgan fingerprint density at radius 1 is 1.50 bits per heavy atom. The van der Waals surface area contributed by atoms with Crippen molar-refractivity contribution in [3.8, 4) is 5.75 Å². The van der Waals surface area contributed by atoms with Gasteiger partial charge in [-0.05, 0) is 19.8 Å². The maximum Gasteiger partial charge on any atom is 0.469 e. The number of carboxylic acid groups (broad SMARTS) is 1. The van der Waals surface area contributed by atoms with Crippen molar-refractivity contribution in [3.05, 3.63) is 23.0 Å². The molecule has 2 rings (SSSR count). The Morgan fingerprint density at radius 3 is 2.69 bits per heavy atom. The number of carbonyl (C=O) groups is 1. The molecule has 0 aliphatic heterocycles. The van der Waals surface area contributed by atoms with Gasteiger partial charge in [0.1, 0.15) is 17.8 Å². The number of pyridine rings is 1. The van der Waals surface area contributed by atoms with E-state index in [1.54, 1.807) is 0 Å². The molecule has 0 aromatic carbocycles. The number of phosphoric acid groups is 1. The first-order chi connectivity index (χ1) is 12.0. The van der Waals surface area contributed by atoms with Gasteiger partial charge >= 0.3 is 13.8 Å². The molecule has 10 nitrogen and oxygen atoms in total. The van der Waals surface area contributed by atoms with E-state index in [2.05, 4.69) is 14.5 Å². The Balaban J connectivity index is 2.35. The molecule has 1 aromatic heterocycles. The van der Waals surface area contributed by atoms with Crippen LogP contribution in [0.2, 0.25) is 0 Å². The van der Waals surface area contributed by atoms with Crippen LogP contribution >= 0.6 is 7.82 Å². The number of nitrogens with two attached hydrogens (primary N) is 1. The number of aromatic nitrogens is 1. The van der Waals surface area contributed by atoms with Gasteiger partial charge in [-0.25, -0.2) is 8.96 Å². The number of aliphatic carboxylic acids is 1. The van der Waals surface area contributed by atoms with Crippen LogP contribution in [0.1, 0.15) is 29.7 Å². The molecule has 26 heavy (non-hydrogen) atoms. The van der Waals surface area contributed by atoms with Crippen molar-refractivity contribution >= 4 is 19.6 Å². The topological polar surface area (TPSA) is 176 Å². The number of aryl methyl sites for hydroxylation is 1. The summed E-state index contributed by atoms with van der Waals surface area (Å²) >= 11 is 0. The zero-order valence-electron chi connectivity index (χ0n) is 13.7. The third kappa shape index (κ3) is 4.76. The van der Waals surface area contributed by atoms with Crippen LogP contribution in [0.25, 0.3) is 0 Å². The van der Waals surface area contributed by atoms with Crippen LogP contribution in [0.5, 0.6) is 5.75 Å². The van der Waals surface area contributed by atoms with Gasteiger partial charge in [0, 0.05) is 11.8 Å². The van der Waals surface area contributed by atoms with Gasteiger partial charge in [-0.3, -0.25) is 19.3 Å². The lowest BCUT2D eigenvalue weighted by molar-refractivity contribution is -0.141. The molecule has 0 radical (unpaired) electrons. The summed E-state index contributed by atoms with van der Waals surface area (Å²) in [5, 5.41) is 19.2. The zero-order valence-corrected chi connectivity index (χ0v) is 14.6. The predicted molar refractivity (Wildman–Crippen MR) is 87.2 cm³/mol. The van der Waals surface area contributed by atoms with Crippen LogP contribution in [0.4, 0.5) is 4.39 Å². The van der Waals surface area contributed by atoms with Crippen LogP contribution < -0.4 is 5.73 Å². The summed E-state index contributed by atoms with van der Waals surface area (Å²) in [6.45, 7) is 0.853. The molecular weight excluding hydrogens is 372 g/mol. The summed E-state index contributed by atoms with van der Waals surface area (Å²) in [7, 11) is -4.78. The molecule has 6 N–H and O–H groups in total. The Kier molecular flexibility index (Phi) is 5.97. The number of hydrogen-bond acceptors (Lipinski definition) is 6. The van der Waals surface area contributed by atoms with Crippen molar-refractivity contribution in [1.82, 2.24) is 4.98 Å².